The molecule has 19 heavy (non-hydrogen) atoms. The standard InChI is InChI=1S/C11H8ClF3N2OS/c1-4-7(10(18)16-2)8-9(19-4)5(11(13,14)15)3-6(12)17-8/h3H,1-2H3,(H,16,18). The lowest BCUT2D eigenvalue weighted by Gasteiger charge is -2.08. The van der Waals surface area contributed by atoms with E-state index in [9.17, 15) is 18.0 Å². The van der Waals surface area contributed by atoms with Crippen LogP contribution >= 0.6 is 22.9 Å². The van der Waals surface area contributed by atoms with E-state index in [4.69, 9.17) is 11.6 Å². The average molecular weight is 309 g/mol. The van der Waals surface area contributed by atoms with Crippen LogP contribution in [0.4, 0.5) is 13.2 Å². The van der Waals surface area contributed by atoms with Crippen LogP contribution in [0.25, 0.3) is 10.2 Å². The van der Waals surface area contributed by atoms with Crippen LogP contribution in [0.5, 0.6) is 0 Å². The maximum absolute atomic E-state index is 12.9. The van der Waals surface area contributed by atoms with Gasteiger partial charge in [-0.3, -0.25) is 4.79 Å². The van der Waals surface area contributed by atoms with Gasteiger partial charge in [0.1, 0.15) is 5.15 Å². The molecule has 0 atom stereocenters. The summed E-state index contributed by atoms with van der Waals surface area (Å²) in [4.78, 5) is 16.0. The zero-order chi connectivity index (χ0) is 14.4. The van der Waals surface area contributed by atoms with Gasteiger partial charge in [-0.05, 0) is 13.0 Å². The average Bonchev–Trinajstić information content (AvgIpc) is 2.62. The minimum atomic E-state index is -4.54. The summed E-state index contributed by atoms with van der Waals surface area (Å²) < 4.78 is 38.7. The normalized spacial score (nSPS) is 11.9. The Hall–Kier alpha value is -1.34. The predicted octanol–water partition coefficient (Wildman–Crippen LogP) is 3.64. The van der Waals surface area contributed by atoms with Crippen LogP contribution in [0.3, 0.4) is 0 Å². The molecule has 0 unspecified atom stereocenters. The van der Waals surface area contributed by atoms with Gasteiger partial charge < -0.3 is 5.32 Å². The van der Waals surface area contributed by atoms with Crippen molar-refractivity contribution in [2.45, 2.75) is 13.1 Å². The van der Waals surface area contributed by atoms with Crippen molar-refractivity contribution in [1.82, 2.24) is 10.3 Å². The molecule has 2 aromatic heterocycles. The number of hydrogen-bond acceptors (Lipinski definition) is 3. The maximum atomic E-state index is 12.9. The Morgan fingerprint density at radius 1 is 1.47 bits per heavy atom. The number of alkyl halides is 3. The molecule has 2 rings (SSSR count). The van der Waals surface area contributed by atoms with Crippen molar-refractivity contribution < 1.29 is 18.0 Å². The smallest absolute Gasteiger partial charge is 0.355 e. The second-order valence-corrected chi connectivity index (χ2v) is 5.39. The van der Waals surface area contributed by atoms with Gasteiger partial charge >= 0.3 is 6.18 Å². The van der Waals surface area contributed by atoms with E-state index < -0.39 is 17.6 Å². The molecule has 2 heterocycles. The number of pyridine rings is 1. The van der Waals surface area contributed by atoms with Crippen LogP contribution in [0.2, 0.25) is 5.15 Å². The van der Waals surface area contributed by atoms with Crippen molar-refractivity contribution in [1.29, 1.82) is 0 Å². The maximum Gasteiger partial charge on any atom is 0.417 e. The van der Waals surface area contributed by atoms with Gasteiger partial charge in [-0.25, -0.2) is 4.98 Å². The molecule has 3 nitrogen and oxygen atoms in total. The Kier molecular flexibility index (Phi) is 3.44. The number of nitrogens with zero attached hydrogens (tertiary/aromatic N) is 1. The third-order valence-electron chi connectivity index (χ3n) is 2.55. The van der Waals surface area contributed by atoms with E-state index in [-0.39, 0.29) is 20.9 Å². The fourth-order valence-corrected chi connectivity index (χ4v) is 3.07. The van der Waals surface area contributed by atoms with E-state index in [0.29, 0.717) is 4.88 Å². The molecule has 0 spiro atoms. The van der Waals surface area contributed by atoms with Gasteiger partial charge in [0, 0.05) is 11.9 Å². The number of thiophene rings is 1. The van der Waals surface area contributed by atoms with Gasteiger partial charge in [-0.2, -0.15) is 13.2 Å². The summed E-state index contributed by atoms with van der Waals surface area (Å²) in [6, 6.07) is 0.771. The van der Waals surface area contributed by atoms with Gasteiger partial charge in [-0.1, -0.05) is 11.6 Å². The van der Waals surface area contributed by atoms with Crippen LogP contribution in [0.1, 0.15) is 20.8 Å². The van der Waals surface area contributed by atoms with Crippen molar-refractivity contribution in [3.05, 3.63) is 27.2 Å². The minimum Gasteiger partial charge on any atom is -0.355 e. The number of carbonyl (C=O) groups excluding carboxylic acids is 1. The number of rotatable bonds is 1. The highest BCUT2D eigenvalue weighted by atomic mass is 35.5. The predicted molar refractivity (Wildman–Crippen MR) is 67.8 cm³/mol. The Balaban J connectivity index is 2.86. The molecule has 0 saturated carbocycles. The Morgan fingerprint density at radius 2 is 2.11 bits per heavy atom. The van der Waals surface area contributed by atoms with E-state index in [1.807, 2.05) is 0 Å². The molecule has 8 heteroatoms. The highest BCUT2D eigenvalue weighted by Gasteiger charge is 2.35. The van der Waals surface area contributed by atoms with Crippen molar-refractivity contribution in [3.63, 3.8) is 0 Å². The molecule has 0 aliphatic heterocycles. The fourth-order valence-electron chi connectivity index (χ4n) is 1.75. The molecule has 1 N–H and O–H groups in total. The topological polar surface area (TPSA) is 42.0 Å². The summed E-state index contributed by atoms with van der Waals surface area (Å²) >= 11 is 6.50. The lowest BCUT2D eigenvalue weighted by molar-refractivity contribution is -0.136. The number of aromatic nitrogens is 1. The summed E-state index contributed by atoms with van der Waals surface area (Å²) in [7, 11) is 1.40. The van der Waals surface area contributed by atoms with E-state index >= 15 is 0 Å². The van der Waals surface area contributed by atoms with E-state index in [1.54, 1.807) is 6.92 Å². The van der Waals surface area contributed by atoms with Gasteiger partial charge in [0.2, 0.25) is 0 Å². The highest BCUT2D eigenvalue weighted by Crippen LogP contribution is 2.41. The quantitative estimate of drug-likeness (QED) is 0.817. The van der Waals surface area contributed by atoms with Crippen LogP contribution in [-0.4, -0.2) is 17.9 Å². The lowest BCUT2D eigenvalue weighted by Crippen LogP contribution is -2.18. The number of nitrogens with one attached hydrogen (secondary N) is 1. The van der Waals surface area contributed by atoms with Crippen LogP contribution < -0.4 is 5.32 Å². The number of aryl methyl sites for hydroxylation is 1. The first kappa shape index (κ1) is 14.1. The number of carbonyl (C=O) groups is 1. The Morgan fingerprint density at radius 3 is 2.63 bits per heavy atom. The van der Waals surface area contributed by atoms with E-state index in [1.165, 1.54) is 7.05 Å². The van der Waals surface area contributed by atoms with Crippen molar-refractivity contribution >= 4 is 39.1 Å². The first-order valence-corrected chi connectivity index (χ1v) is 6.34. The van der Waals surface area contributed by atoms with Gasteiger partial charge in [0.15, 0.2) is 0 Å². The second kappa shape index (κ2) is 4.64. The van der Waals surface area contributed by atoms with Crippen LogP contribution in [-0.2, 0) is 6.18 Å². The van der Waals surface area contributed by atoms with Crippen LogP contribution in [0, 0.1) is 6.92 Å². The number of hydrogen-bond donors (Lipinski definition) is 1. The monoisotopic (exact) mass is 308 g/mol. The zero-order valence-electron chi connectivity index (χ0n) is 9.85. The van der Waals surface area contributed by atoms with Crippen molar-refractivity contribution in [2.75, 3.05) is 7.05 Å². The van der Waals surface area contributed by atoms with E-state index in [0.717, 1.165) is 17.4 Å². The Bertz CT molecular complexity index is 666. The molecule has 2 aromatic rings. The third kappa shape index (κ3) is 2.40. The Labute approximate surface area is 115 Å². The molecule has 0 fully saturated rings. The summed E-state index contributed by atoms with van der Waals surface area (Å²) in [5.74, 6) is -0.480. The molecule has 0 aromatic carbocycles. The molecule has 0 saturated heterocycles. The second-order valence-electron chi connectivity index (χ2n) is 3.78. The van der Waals surface area contributed by atoms with Crippen molar-refractivity contribution in [2.24, 2.45) is 0 Å². The first-order chi connectivity index (χ1) is 8.75. The summed E-state index contributed by atoms with van der Waals surface area (Å²) in [6.07, 6.45) is -4.54. The summed E-state index contributed by atoms with van der Waals surface area (Å²) in [6.45, 7) is 1.57. The van der Waals surface area contributed by atoms with Crippen molar-refractivity contribution in [3.8, 4) is 0 Å². The summed E-state index contributed by atoms with van der Waals surface area (Å²) in [5.41, 5.74) is -0.747. The van der Waals surface area contributed by atoms with Gasteiger partial charge in [-0.15, -0.1) is 11.3 Å². The third-order valence-corrected chi connectivity index (χ3v) is 3.87. The number of amides is 1. The molecule has 102 valence electrons. The molecule has 0 radical (unpaired) electrons. The summed E-state index contributed by atoms with van der Waals surface area (Å²) in [5, 5.41) is 2.09. The molecular formula is C11H8ClF3N2OS. The van der Waals surface area contributed by atoms with Gasteiger partial charge in [0.05, 0.1) is 21.3 Å². The number of halogens is 4. The molecule has 1 amide bonds. The first-order valence-electron chi connectivity index (χ1n) is 5.14. The zero-order valence-corrected chi connectivity index (χ0v) is 11.4. The fraction of sp³-hybridized carbons (Fsp3) is 0.273. The lowest BCUT2D eigenvalue weighted by atomic mass is 10.1. The minimum absolute atomic E-state index is 0.0123. The van der Waals surface area contributed by atoms with Gasteiger partial charge in [0.25, 0.3) is 5.91 Å². The number of fused-ring (bicyclic) bond motifs is 1. The molecular weight excluding hydrogens is 301 g/mol. The highest BCUT2D eigenvalue weighted by molar-refractivity contribution is 7.19. The van der Waals surface area contributed by atoms with Crippen LogP contribution in [0.15, 0.2) is 6.07 Å². The van der Waals surface area contributed by atoms with E-state index in [2.05, 4.69) is 10.3 Å². The SMILES string of the molecule is CNC(=O)c1c(C)sc2c(C(F)(F)F)cc(Cl)nc12. The molecule has 0 aliphatic carbocycles. The largest absolute Gasteiger partial charge is 0.417 e. The molecule has 0 bridgehead atoms. The molecule has 0 aliphatic rings.